The smallest absolute Gasteiger partial charge is 0.334 e. The van der Waals surface area contributed by atoms with E-state index < -0.39 is 47.1 Å². The van der Waals surface area contributed by atoms with E-state index in [2.05, 4.69) is 15.5 Å². The molecule has 1 aromatic heterocycles. The molecule has 3 aromatic rings. The summed E-state index contributed by atoms with van der Waals surface area (Å²) in [7, 11) is 1.18. The molecule has 9 nitrogen and oxygen atoms in total. The molecule has 1 fully saturated rings. The summed E-state index contributed by atoms with van der Waals surface area (Å²) in [5.74, 6) is -3.23. The molecule has 2 aromatic carbocycles. The first-order chi connectivity index (χ1) is 15.2. The van der Waals surface area contributed by atoms with Gasteiger partial charge in [-0.3, -0.25) is 19.3 Å². The van der Waals surface area contributed by atoms with Crippen molar-refractivity contribution in [1.29, 1.82) is 0 Å². The second-order valence-electron chi connectivity index (χ2n) is 7.71. The number of nitrogens with zero attached hydrogens (tertiary/aromatic N) is 3. The van der Waals surface area contributed by atoms with Crippen molar-refractivity contribution in [2.45, 2.75) is 19.0 Å². The van der Waals surface area contributed by atoms with Gasteiger partial charge in [-0.1, -0.05) is 12.1 Å². The summed E-state index contributed by atoms with van der Waals surface area (Å²) in [5.41, 5.74) is 0.432. The van der Waals surface area contributed by atoms with Gasteiger partial charge < -0.3 is 5.32 Å². The van der Waals surface area contributed by atoms with Crippen molar-refractivity contribution in [2.75, 3.05) is 12.4 Å². The zero-order chi connectivity index (χ0) is 22.9. The van der Waals surface area contributed by atoms with Gasteiger partial charge in [0, 0.05) is 18.1 Å². The standard InChI is InChI=1S/C21H15F2N5O4/c1-8-5-9(3-4-12(8)23)15-17(28-20(31)19(30)27(2)21(28)32)16-14-11(18(29)26-25-16)6-10(22)7-13(14)24-15/h3-7,15,17,24H,1-2H3,(H,26,29). The SMILES string of the molecule is Cc1cc(C2Nc3cc(F)cc4c(=O)[nH]nc(c34)C2N2C(=O)C(=O)N(C)C2=O)ccc1F. The molecule has 3 heterocycles. The van der Waals surface area contributed by atoms with E-state index in [0.29, 0.717) is 16.0 Å². The lowest BCUT2D eigenvalue weighted by Crippen LogP contribution is -2.43. The van der Waals surface area contributed by atoms with Gasteiger partial charge in [-0.05, 0) is 36.2 Å². The number of hydrogen-bond donors (Lipinski definition) is 2. The van der Waals surface area contributed by atoms with Crippen LogP contribution < -0.4 is 10.9 Å². The predicted molar refractivity (Wildman–Crippen MR) is 108 cm³/mol. The van der Waals surface area contributed by atoms with Crippen molar-refractivity contribution in [1.82, 2.24) is 20.0 Å². The number of imide groups is 2. The summed E-state index contributed by atoms with van der Waals surface area (Å²) in [5, 5.41) is 9.60. The number of carbonyl (C=O) groups excluding carboxylic acids is 3. The summed E-state index contributed by atoms with van der Waals surface area (Å²) >= 11 is 0. The van der Waals surface area contributed by atoms with Crippen LogP contribution in [0, 0.1) is 18.6 Å². The van der Waals surface area contributed by atoms with Gasteiger partial charge in [0.25, 0.3) is 5.56 Å². The van der Waals surface area contributed by atoms with Crippen molar-refractivity contribution in [3.63, 3.8) is 0 Å². The molecule has 2 atom stereocenters. The number of nitrogens with one attached hydrogen (secondary N) is 2. The highest BCUT2D eigenvalue weighted by atomic mass is 19.1. The number of anilines is 1. The second-order valence-corrected chi connectivity index (χ2v) is 7.71. The van der Waals surface area contributed by atoms with Gasteiger partial charge in [0.15, 0.2) is 0 Å². The average molecular weight is 439 g/mol. The minimum atomic E-state index is -1.17. The Hall–Kier alpha value is -4.15. The van der Waals surface area contributed by atoms with Crippen LogP contribution >= 0.6 is 0 Å². The van der Waals surface area contributed by atoms with Crippen LogP contribution in [0.4, 0.5) is 19.3 Å². The number of carbonyl (C=O) groups is 3. The molecule has 0 bridgehead atoms. The monoisotopic (exact) mass is 439 g/mol. The lowest BCUT2D eigenvalue weighted by molar-refractivity contribution is -0.143. The summed E-state index contributed by atoms with van der Waals surface area (Å²) < 4.78 is 28.2. The van der Waals surface area contributed by atoms with Gasteiger partial charge in [0.1, 0.15) is 17.7 Å². The van der Waals surface area contributed by atoms with Crippen molar-refractivity contribution in [3.05, 3.63) is 69.1 Å². The highest BCUT2D eigenvalue weighted by molar-refractivity contribution is 6.44. The van der Waals surface area contributed by atoms with Gasteiger partial charge in [-0.2, -0.15) is 5.10 Å². The van der Waals surface area contributed by atoms with Crippen molar-refractivity contribution < 1.29 is 23.2 Å². The molecule has 4 amide bonds. The van der Waals surface area contributed by atoms with Gasteiger partial charge in [0.2, 0.25) is 0 Å². The van der Waals surface area contributed by atoms with E-state index in [4.69, 9.17) is 0 Å². The van der Waals surface area contributed by atoms with Crippen LogP contribution in [0.5, 0.6) is 0 Å². The lowest BCUT2D eigenvalue weighted by Gasteiger charge is -2.37. The van der Waals surface area contributed by atoms with Crippen LogP contribution in [0.25, 0.3) is 10.8 Å². The summed E-state index contributed by atoms with van der Waals surface area (Å²) in [6.07, 6.45) is 0. The first kappa shape index (κ1) is 19.8. The number of H-pyrrole nitrogens is 1. The number of amides is 4. The maximum absolute atomic E-state index is 14.3. The molecule has 162 valence electrons. The Kier molecular flexibility index (Phi) is 4.13. The molecule has 1 saturated heterocycles. The summed E-state index contributed by atoms with van der Waals surface area (Å²) in [4.78, 5) is 51.5. The minimum Gasteiger partial charge on any atom is -0.375 e. The Morgan fingerprint density at radius 2 is 1.78 bits per heavy atom. The maximum atomic E-state index is 14.3. The fraction of sp³-hybridized carbons (Fsp3) is 0.190. The maximum Gasteiger partial charge on any atom is 0.334 e. The molecular weight excluding hydrogens is 424 g/mol. The molecule has 0 radical (unpaired) electrons. The number of halogens is 2. The second kappa shape index (κ2) is 6.67. The number of urea groups is 1. The molecule has 2 unspecified atom stereocenters. The Morgan fingerprint density at radius 3 is 2.44 bits per heavy atom. The van der Waals surface area contributed by atoms with E-state index in [9.17, 15) is 28.0 Å². The van der Waals surface area contributed by atoms with E-state index >= 15 is 0 Å². The van der Waals surface area contributed by atoms with Crippen LogP contribution in [-0.4, -0.2) is 44.9 Å². The molecule has 2 aliphatic rings. The van der Waals surface area contributed by atoms with Crippen LogP contribution in [0.1, 0.15) is 28.9 Å². The molecule has 32 heavy (non-hydrogen) atoms. The first-order valence-corrected chi connectivity index (χ1v) is 9.58. The van der Waals surface area contributed by atoms with Gasteiger partial charge in [-0.25, -0.2) is 23.6 Å². The fourth-order valence-electron chi connectivity index (χ4n) is 4.25. The van der Waals surface area contributed by atoms with Crippen LogP contribution in [-0.2, 0) is 9.59 Å². The molecule has 0 spiro atoms. The Bertz CT molecular complexity index is 1420. The van der Waals surface area contributed by atoms with E-state index in [0.717, 1.165) is 17.0 Å². The zero-order valence-corrected chi connectivity index (χ0v) is 16.8. The molecular formula is C21H15F2N5O4. The van der Waals surface area contributed by atoms with Crippen molar-refractivity contribution in [2.24, 2.45) is 0 Å². The molecule has 0 aliphatic carbocycles. The molecule has 5 rings (SSSR count). The number of aromatic nitrogens is 2. The fourth-order valence-corrected chi connectivity index (χ4v) is 4.25. The average Bonchev–Trinajstić information content (AvgIpc) is 2.94. The zero-order valence-electron chi connectivity index (χ0n) is 16.8. The van der Waals surface area contributed by atoms with Gasteiger partial charge in [-0.15, -0.1) is 0 Å². The first-order valence-electron chi connectivity index (χ1n) is 9.58. The van der Waals surface area contributed by atoms with E-state index in [1.54, 1.807) is 6.92 Å². The number of aryl methyl sites for hydroxylation is 1. The number of likely N-dealkylation sites (N-methyl/N-ethyl adjacent to an activating group) is 1. The number of hydrogen-bond acceptors (Lipinski definition) is 6. The summed E-state index contributed by atoms with van der Waals surface area (Å²) in [6.45, 7) is 1.55. The normalized spacial score (nSPS) is 20.3. The quantitative estimate of drug-likeness (QED) is 0.467. The topological polar surface area (TPSA) is 115 Å². The van der Waals surface area contributed by atoms with Crippen LogP contribution in [0.3, 0.4) is 0 Å². The Balaban J connectivity index is 1.81. The number of aromatic amines is 1. The van der Waals surface area contributed by atoms with Crippen LogP contribution in [0.15, 0.2) is 35.1 Å². The highest BCUT2D eigenvalue weighted by Gasteiger charge is 2.51. The van der Waals surface area contributed by atoms with Crippen molar-refractivity contribution >= 4 is 34.3 Å². The van der Waals surface area contributed by atoms with Crippen LogP contribution in [0.2, 0.25) is 0 Å². The molecule has 2 N–H and O–H groups in total. The number of rotatable bonds is 2. The van der Waals surface area contributed by atoms with Gasteiger partial charge >= 0.3 is 17.8 Å². The summed E-state index contributed by atoms with van der Waals surface area (Å²) in [6, 6.07) is 3.43. The largest absolute Gasteiger partial charge is 0.375 e. The van der Waals surface area contributed by atoms with E-state index in [1.807, 2.05) is 0 Å². The van der Waals surface area contributed by atoms with Crippen molar-refractivity contribution in [3.8, 4) is 0 Å². The van der Waals surface area contributed by atoms with E-state index in [1.165, 1.54) is 25.2 Å². The Labute approximate surface area is 178 Å². The van der Waals surface area contributed by atoms with Gasteiger partial charge in [0.05, 0.1) is 17.1 Å². The Morgan fingerprint density at radius 1 is 1.03 bits per heavy atom. The highest BCUT2D eigenvalue weighted by Crippen LogP contribution is 2.46. The third kappa shape index (κ3) is 2.63. The molecule has 0 saturated carbocycles. The lowest BCUT2D eigenvalue weighted by atomic mass is 9.88. The van der Waals surface area contributed by atoms with E-state index in [-0.39, 0.29) is 22.2 Å². The predicted octanol–water partition coefficient (Wildman–Crippen LogP) is 2.14. The third-order valence-corrected chi connectivity index (χ3v) is 5.81. The minimum absolute atomic E-state index is 0.0324. The number of benzene rings is 2. The molecule has 11 heteroatoms. The third-order valence-electron chi connectivity index (χ3n) is 5.81. The molecule has 2 aliphatic heterocycles.